The lowest BCUT2D eigenvalue weighted by Crippen LogP contribution is -2.18. The van der Waals surface area contributed by atoms with Gasteiger partial charge in [0.25, 0.3) is 5.91 Å². The van der Waals surface area contributed by atoms with Gasteiger partial charge in [0, 0.05) is 24.7 Å². The molecule has 1 amide bonds. The minimum absolute atomic E-state index is 0.198. The lowest BCUT2D eigenvalue weighted by molar-refractivity contribution is 0.0964. The molecule has 1 aliphatic rings. The highest BCUT2D eigenvalue weighted by Crippen LogP contribution is 2.38. The van der Waals surface area contributed by atoms with Crippen LogP contribution < -0.4 is 5.32 Å². The SMILES string of the molecule is CNC(=O)c1cnn2c(C3CCCCC3)c(-c3ccc(F)cc3)cnc12. The van der Waals surface area contributed by atoms with Crippen molar-refractivity contribution in [3.05, 3.63) is 53.7 Å². The van der Waals surface area contributed by atoms with Gasteiger partial charge < -0.3 is 5.32 Å². The Bertz CT molecular complexity index is 942. The summed E-state index contributed by atoms with van der Waals surface area (Å²) in [6.45, 7) is 0. The molecule has 1 aromatic carbocycles. The summed E-state index contributed by atoms with van der Waals surface area (Å²) in [6.07, 6.45) is 9.15. The number of rotatable bonds is 3. The Balaban J connectivity index is 1.93. The largest absolute Gasteiger partial charge is 0.355 e. The summed E-state index contributed by atoms with van der Waals surface area (Å²) in [5.41, 5.74) is 3.97. The van der Waals surface area contributed by atoms with E-state index < -0.39 is 0 Å². The molecular formula is C20H21FN4O. The Labute approximate surface area is 151 Å². The number of carbonyl (C=O) groups is 1. The third-order valence-corrected chi connectivity index (χ3v) is 5.18. The Morgan fingerprint density at radius 2 is 1.88 bits per heavy atom. The molecule has 3 aromatic rings. The maximum Gasteiger partial charge on any atom is 0.256 e. The lowest BCUT2D eigenvalue weighted by Gasteiger charge is -2.25. The van der Waals surface area contributed by atoms with Gasteiger partial charge in [0.2, 0.25) is 0 Å². The second-order valence-electron chi connectivity index (χ2n) is 6.77. The van der Waals surface area contributed by atoms with Crippen LogP contribution in [0.1, 0.15) is 54.1 Å². The molecule has 4 rings (SSSR count). The van der Waals surface area contributed by atoms with E-state index in [-0.39, 0.29) is 11.7 Å². The smallest absolute Gasteiger partial charge is 0.256 e. The summed E-state index contributed by atoms with van der Waals surface area (Å²) in [5, 5.41) is 7.12. The molecule has 1 aliphatic carbocycles. The number of fused-ring (bicyclic) bond motifs is 1. The fourth-order valence-electron chi connectivity index (χ4n) is 3.86. The maximum atomic E-state index is 13.4. The number of hydrogen-bond donors (Lipinski definition) is 1. The molecule has 0 saturated heterocycles. The van der Waals surface area contributed by atoms with Crippen molar-refractivity contribution in [3.63, 3.8) is 0 Å². The molecule has 0 spiro atoms. The molecule has 0 radical (unpaired) electrons. The van der Waals surface area contributed by atoms with E-state index in [0.717, 1.165) is 29.7 Å². The molecule has 0 unspecified atom stereocenters. The van der Waals surface area contributed by atoms with Crippen molar-refractivity contribution in [2.45, 2.75) is 38.0 Å². The Kier molecular flexibility index (Phi) is 4.41. The van der Waals surface area contributed by atoms with E-state index in [0.29, 0.717) is 17.1 Å². The van der Waals surface area contributed by atoms with E-state index in [1.807, 2.05) is 0 Å². The van der Waals surface area contributed by atoms with Gasteiger partial charge in [-0.25, -0.2) is 13.9 Å². The van der Waals surface area contributed by atoms with Crippen molar-refractivity contribution < 1.29 is 9.18 Å². The summed E-state index contributed by atoms with van der Waals surface area (Å²) in [7, 11) is 1.60. The molecule has 2 heterocycles. The molecule has 26 heavy (non-hydrogen) atoms. The van der Waals surface area contributed by atoms with Crippen LogP contribution in [-0.4, -0.2) is 27.6 Å². The third kappa shape index (κ3) is 2.85. The van der Waals surface area contributed by atoms with Gasteiger partial charge in [-0.05, 0) is 30.5 Å². The monoisotopic (exact) mass is 352 g/mol. The van der Waals surface area contributed by atoms with Gasteiger partial charge in [-0.1, -0.05) is 31.4 Å². The van der Waals surface area contributed by atoms with Crippen molar-refractivity contribution >= 4 is 11.6 Å². The van der Waals surface area contributed by atoms with Crippen molar-refractivity contribution in [3.8, 4) is 11.1 Å². The zero-order valence-electron chi connectivity index (χ0n) is 14.7. The van der Waals surface area contributed by atoms with Crippen LogP contribution in [0.3, 0.4) is 0 Å². The summed E-state index contributed by atoms with van der Waals surface area (Å²) in [4.78, 5) is 16.6. The van der Waals surface area contributed by atoms with E-state index in [4.69, 9.17) is 0 Å². The second kappa shape index (κ2) is 6.86. The lowest BCUT2D eigenvalue weighted by atomic mass is 9.84. The first kappa shape index (κ1) is 16.7. The van der Waals surface area contributed by atoms with Crippen molar-refractivity contribution in [2.24, 2.45) is 0 Å². The zero-order valence-corrected chi connectivity index (χ0v) is 14.7. The number of nitrogens with zero attached hydrogens (tertiary/aromatic N) is 3. The Morgan fingerprint density at radius 3 is 2.58 bits per heavy atom. The highest BCUT2D eigenvalue weighted by Gasteiger charge is 2.25. The quantitative estimate of drug-likeness (QED) is 0.777. The predicted octanol–water partition coefficient (Wildman–Crippen LogP) is 3.94. The number of nitrogens with one attached hydrogen (secondary N) is 1. The van der Waals surface area contributed by atoms with E-state index in [2.05, 4.69) is 15.4 Å². The van der Waals surface area contributed by atoms with Crippen LogP contribution in [0, 0.1) is 5.82 Å². The van der Waals surface area contributed by atoms with E-state index in [1.54, 1.807) is 36.1 Å². The van der Waals surface area contributed by atoms with E-state index in [9.17, 15) is 9.18 Å². The molecule has 1 fully saturated rings. The molecule has 5 nitrogen and oxygen atoms in total. The average molecular weight is 352 g/mol. The number of aromatic nitrogens is 3. The molecule has 0 aliphatic heterocycles. The molecule has 1 saturated carbocycles. The first-order valence-electron chi connectivity index (χ1n) is 9.03. The number of benzene rings is 1. The normalized spacial score (nSPS) is 15.3. The summed E-state index contributed by atoms with van der Waals surface area (Å²) >= 11 is 0. The van der Waals surface area contributed by atoms with Gasteiger partial charge in [-0.15, -0.1) is 0 Å². The number of carbonyl (C=O) groups excluding carboxylic acids is 1. The van der Waals surface area contributed by atoms with Crippen LogP contribution in [0.2, 0.25) is 0 Å². The van der Waals surface area contributed by atoms with Gasteiger partial charge >= 0.3 is 0 Å². The first-order valence-corrected chi connectivity index (χ1v) is 9.03. The third-order valence-electron chi connectivity index (χ3n) is 5.18. The molecule has 0 atom stereocenters. The van der Waals surface area contributed by atoms with Crippen molar-refractivity contribution in [1.82, 2.24) is 19.9 Å². The van der Waals surface area contributed by atoms with Crippen LogP contribution in [0.5, 0.6) is 0 Å². The van der Waals surface area contributed by atoms with Gasteiger partial charge in [0.15, 0.2) is 5.65 Å². The van der Waals surface area contributed by atoms with Gasteiger partial charge in [-0.3, -0.25) is 4.79 Å². The summed E-state index contributed by atoms with van der Waals surface area (Å²) in [6, 6.07) is 6.47. The highest BCUT2D eigenvalue weighted by atomic mass is 19.1. The average Bonchev–Trinajstić information content (AvgIpc) is 3.12. The van der Waals surface area contributed by atoms with Crippen molar-refractivity contribution in [1.29, 1.82) is 0 Å². The molecule has 2 aromatic heterocycles. The predicted molar refractivity (Wildman–Crippen MR) is 97.6 cm³/mol. The van der Waals surface area contributed by atoms with Crippen LogP contribution in [0.25, 0.3) is 16.8 Å². The first-order chi connectivity index (χ1) is 12.7. The fourth-order valence-corrected chi connectivity index (χ4v) is 3.86. The second-order valence-corrected chi connectivity index (χ2v) is 6.77. The highest BCUT2D eigenvalue weighted by molar-refractivity contribution is 5.99. The molecule has 6 heteroatoms. The number of amides is 1. The maximum absolute atomic E-state index is 13.4. The topological polar surface area (TPSA) is 59.3 Å². The summed E-state index contributed by atoms with van der Waals surface area (Å²) < 4.78 is 15.2. The van der Waals surface area contributed by atoms with Gasteiger partial charge in [-0.2, -0.15) is 5.10 Å². The fraction of sp³-hybridized carbons (Fsp3) is 0.350. The van der Waals surface area contributed by atoms with Gasteiger partial charge in [0.1, 0.15) is 11.4 Å². The van der Waals surface area contributed by atoms with E-state index in [1.165, 1.54) is 31.4 Å². The minimum Gasteiger partial charge on any atom is -0.355 e. The zero-order chi connectivity index (χ0) is 18.1. The molecule has 134 valence electrons. The van der Waals surface area contributed by atoms with Crippen LogP contribution in [-0.2, 0) is 0 Å². The van der Waals surface area contributed by atoms with Gasteiger partial charge in [0.05, 0.1) is 11.9 Å². The number of hydrogen-bond acceptors (Lipinski definition) is 3. The standard InChI is InChI=1S/C20H21FN4O/c1-22-20(26)17-12-24-25-18(14-5-3-2-4-6-14)16(11-23-19(17)25)13-7-9-15(21)10-8-13/h7-12,14H,2-6H2,1H3,(H,22,26). The number of halogens is 1. The summed E-state index contributed by atoms with van der Waals surface area (Å²) in [5.74, 6) is -0.105. The molecular weight excluding hydrogens is 331 g/mol. The van der Waals surface area contributed by atoms with E-state index >= 15 is 0 Å². The van der Waals surface area contributed by atoms with Crippen LogP contribution in [0.4, 0.5) is 4.39 Å². The molecule has 0 bridgehead atoms. The van der Waals surface area contributed by atoms with Crippen LogP contribution >= 0.6 is 0 Å². The minimum atomic E-state index is -0.261. The molecule has 1 N–H and O–H groups in total. The Hall–Kier alpha value is -2.76. The van der Waals surface area contributed by atoms with Crippen molar-refractivity contribution in [2.75, 3.05) is 7.05 Å². The Morgan fingerprint density at radius 1 is 1.15 bits per heavy atom. The van der Waals surface area contributed by atoms with Crippen LogP contribution in [0.15, 0.2) is 36.7 Å².